The van der Waals surface area contributed by atoms with Crippen LogP contribution in [0.1, 0.15) is 21.7 Å². The van der Waals surface area contributed by atoms with E-state index in [1.165, 1.54) is 20.5 Å². The number of benzene rings is 3. The molecule has 3 amide bonds. The van der Waals surface area contributed by atoms with Crippen LogP contribution in [-0.4, -0.2) is 36.8 Å². The van der Waals surface area contributed by atoms with Crippen molar-refractivity contribution in [2.45, 2.75) is 18.4 Å². The van der Waals surface area contributed by atoms with Crippen molar-refractivity contribution in [2.75, 3.05) is 24.9 Å². The van der Waals surface area contributed by atoms with E-state index in [2.05, 4.69) is 10.6 Å². The number of amides is 3. The summed E-state index contributed by atoms with van der Waals surface area (Å²) in [6.07, 6.45) is 1.50. The van der Waals surface area contributed by atoms with Gasteiger partial charge in [0.05, 0.1) is 32.6 Å². The van der Waals surface area contributed by atoms with E-state index in [4.69, 9.17) is 13.9 Å². The van der Waals surface area contributed by atoms with Crippen LogP contribution < -0.4 is 20.1 Å². The molecule has 1 aromatic heterocycles. The maximum absolute atomic E-state index is 13.5. The van der Waals surface area contributed by atoms with Crippen LogP contribution in [0.5, 0.6) is 11.5 Å². The van der Waals surface area contributed by atoms with Gasteiger partial charge in [-0.05, 0) is 61.5 Å². The van der Waals surface area contributed by atoms with Crippen LogP contribution in [0.25, 0.3) is 0 Å². The molecule has 0 radical (unpaired) electrons. The first-order valence-corrected chi connectivity index (χ1v) is 13.5. The molecule has 10 heteroatoms. The number of rotatable bonds is 10. The SMILES string of the molecule is COc1ccc(C(=O)Nc2cccc(SC3=C(Nc4ccc(C)cc4)C(=O)N(Cc4ccco4)C3=O)c2)c(OC)c1. The van der Waals surface area contributed by atoms with Crippen molar-refractivity contribution < 1.29 is 28.3 Å². The van der Waals surface area contributed by atoms with E-state index in [9.17, 15) is 14.4 Å². The van der Waals surface area contributed by atoms with Crippen LogP contribution in [0.3, 0.4) is 0 Å². The third kappa shape index (κ3) is 6.12. The average Bonchev–Trinajstić information content (AvgIpc) is 3.57. The van der Waals surface area contributed by atoms with Crippen molar-refractivity contribution in [1.82, 2.24) is 4.90 Å². The van der Waals surface area contributed by atoms with Crippen molar-refractivity contribution in [2.24, 2.45) is 0 Å². The first-order valence-electron chi connectivity index (χ1n) is 12.6. The van der Waals surface area contributed by atoms with Gasteiger partial charge in [-0.3, -0.25) is 19.3 Å². The van der Waals surface area contributed by atoms with Gasteiger partial charge in [0, 0.05) is 22.3 Å². The van der Waals surface area contributed by atoms with Crippen molar-refractivity contribution in [1.29, 1.82) is 0 Å². The van der Waals surface area contributed by atoms with Crippen molar-refractivity contribution in [3.8, 4) is 11.5 Å². The Morgan fingerprint density at radius 1 is 0.902 bits per heavy atom. The third-order valence-corrected chi connectivity index (χ3v) is 7.38. The smallest absolute Gasteiger partial charge is 0.278 e. The van der Waals surface area contributed by atoms with Gasteiger partial charge >= 0.3 is 0 Å². The largest absolute Gasteiger partial charge is 0.497 e. The van der Waals surface area contributed by atoms with Crippen LogP contribution in [0.2, 0.25) is 0 Å². The summed E-state index contributed by atoms with van der Waals surface area (Å²) in [5.41, 5.74) is 2.77. The van der Waals surface area contributed by atoms with Gasteiger partial charge in [0.2, 0.25) is 0 Å². The van der Waals surface area contributed by atoms with E-state index >= 15 is 0 Å². The molecule has 1 aliphatic heterocycles. The number of nitrogens with one attached hydrogen (secondary N) is 2. The molecule has 0 spiro atoms. The van der Waals surface area contributed by atoms with Crippen molar-refractivity contribution in [3.05, 3.63) is 113 Å². The summed E-state index contributed by atoms with van der Waals surface area (Å²) < 4.78 is 15.9. The Balaban J connectivity index is 1.41. The predicted octanol–water partition coefficient (Wildman–Crippen LogP) is 5.84. The van der Waals surface area contributed by atoms with Crippen molar-refractivity contribution in [3.63, 3.8) is 0 Å². The molecule has 0 saturated carbocycles. The van der Waals surface area contributed by atoms with Gasteiger partial charge in [0.15, 0.2) is 0 Å². The highest BCUT2D eigenvalue weighted by Crippen LogP contribution is 2.37. The quantitative estimate of drug-likeness (QED) is 0.229. The van der Waals surface area contributed by atoms with Gasteiger partial charge in [0.25, 0.3) is 17.7 Å². The normalized spacial score (nSPS) is 13.0. The Bertz CT molecular complexity index is 1630. The number of hydrogen-bond donors (Lipinski definition) is 2. The molecule has 208 valence electrons. The van der Waals surface area contributed by atoms with Gasteiger partial charge in [-0.15, -0.1) is 0 Å². The number of imide groups is 1. The number of methoxy groups -OCH3 is 2. The van der Waals surface area contributed by atoms with Crippen LogP contribution in [-0.2, 0) is 16.1 Å². The van der Waals surface area contributed by atoms with Crippen molar-refractivity contribution >= 4 is 40.9 Å². The van der Waals surface area contributed by atoms with Crippen LogP contribution in [0.15, 0.2) is 105 Å². The number of carbonyl (C=O) groups is 3. The maximum atomic E-state index is 13.5. The number of hydrogen-bond acceptors (Lipinski definition) is 8. The molecule has 1 aliphatic rings. The highest BCUT2D eigenvalue weighted by molar-refractivity contribution is 8.04. The van der Waals surface area contributed by atoms with E-state index in [1.807, 2.05) is 31.2 Å². The molecule has 0 saturated heterocycles. The second kappa shape index (κ2) is 12.1. The summed E-state index contributed by atoms with van der Waals surface area (Å²) in [5, 5.41) is 6.01. The number of ether oxygens (including phenoxy) is 2. The first-order chi connectivity index (χ1) is 19.9. The number of thioether (sulfide) groups is 1. The zero-order valence-electron chi connectivity index (χ0n) is 22.6. The Kier molecular flexibility index (Phi) is 8.11. The minimum Gasteiger partial charge on any atom is -0.497 e. The van der Waals surface area contributed by atoms with E-state index in [0.717, 1.165) is 22.2 Å². The highest BCUT2D eigenvalue weighted by atomic mass is 32.2. The summed E-state index contributed by atoms with van der Waals surface area (Å²) in [5.74, 6) is 0.164. The summed E-state index contributed by atoms with van der Waals surface area (Å²) in [6.45, 7) is 1.98. The molecule has 3 aromatic carbocycles. The Hall–Kier alpha value is -4.96. The second-order valence-electron chi connectivity index (χ2n) is 9.12. The van der Waals surface area contributed by atoms with Gasteiger partial charge < -0.3 is 24.5 Å². The lowest BCUT2D eigenvalue weighted by Gasteiger charge is -2.13. The lowest BCUT2D eigenvalue weighted by Crippen LogP contribution is -2.31. The van der Waals surface area contributed by atoms with E-state index in [0.29, 0.717) is 39.1 Å². The van der Waals surface area contributed by atoms with Crippen LogP contribution in [0.4, 0.5) is 11.4 Å². The fourth-order valence-electron chi connectivity index (χ4n) is 4.18. The number of carbonyl (C=O) groups excluding carboxylic acids is 3. The highest BCUT2D eigenvalue weighted by Gasteiger charge is 2.39. The fourth-order valence-corrected chi connectivity index (χ4v) is 5.19. The standard InChI is InChI=1S/C31H27N3O6S/c1-19-9-11-20(12-10-19)32-27-28(31(37)34(30(27)36)18-23-7-5-15-40-23)41-24-8-4-6-21(16-24)33-29(35)25-14-13-22(38-2)17-26(25)39-3/h4-17,32H,18H2,1-3H3,(H,33,35). The summed E-state index contributed by atoms with van der Waals surface area (Å²) in [4.78, 5) is 42.1. The van der Waals surface area contributed by atoms with Gasteiger partial charge in [-0.25, -0.2) is 0 Å². The van der Waals surface area contributed by atoms with E-state index in [1.54, 1.807) is 54.6 Å². The van der Waals surface area contributed by atoms with Crippen LogP contribution >= 0.6 is 11.8 Å². The predicted molar refractivity (Wildman–Crippen MR) is 156 cm³/mol. The molecule has 0 aliphatic carbocycles. The van der Waals surface area contributed by atoms with Gasteiger partial charge in [0.1, 0.15) is 27.9 Å². The molecule has 0 unspecified atom stereocenters. The molecule has 0 bridgehead atoms. The van der Waals surface area contributed by atoms with Crippen LogP contribution in [0, 0.1) is 6.92 Å². The lowest BCUT2D eigenvalue weighted by atomic mass is 10.1. The third-order valence-electron chi connectivity index (χ3n) is 6.31. The molecule has 2 heterocycles. The van der Waals surface area contributed by atoms with E-state index < -0.39 is 11.8 Å². The fraction of sp³-hybridized carbons (Fsp3) is 0.129. The Labute approximate surface area is 241 Å². The number of anilines is 2. The molecule has 9 nitrogen and oxygen atoms in total. The number of nitrogens with zero attached hydrogens (tertiary/aromatic N) is 1. The molecule has 5 rings (SSSR count). The minimum absolute atomic E-state index is 0.00754. The summed E-state index contributed by atoms with van der Waals surface area (Å²) in [6, 6.07) is 22.9. The number of furan rings is 1. The zero-order valence-corrected chi connectivity index (χ0v) is 23.4. The summed E-state index contributed by atoms with van der Waals surface area (Å²) in [7, 11) is 3.02. The molecule has 41 heavy (non-hydrogen) atoms. The molecule has 0 fully saturated rings. The Morgan fingerprint density at radius 2 is 1.71 bits per heavy atom. The monoisotopic (exact) mass is 569 g/mol. The molecular weight excluding hydrogens is 542 g/mol. The molecular formula is C31H27N3O6S. The van der Waals surface area contributed by atoms with E-state index in [-0.39, 0.29) is 23.1 Å². The molecule has 0 atom stereocenters. The molecule has 4 aromatic rings. The first kappa shape index (κ1) is 27.6. The van der Waals surface area contributed by atoms with Gasteiger partial charge in [-0.2, -0.15) is 0 Å². The average molecular weight is 570 g/mol. The topological polar surface area (TPSA) is 110 Å². The summed E-state index contributed by atoms with van der Waals surface area (Å²) >= 11 is 1.14. The Morgan fingerprint density at radius 3 is 2.41 bits per heavy atom. The maximum Gasteiger partial charge on any atom is 0.278 e. The minimum atomic E-state index is -0.453. The lowest BCUT2D eigenvalue weighted by molar-refractivity contribution is -0.138. The number of aryl methyl sites for hydroxylation is 1. The molecule has 2 N–H and O–H groups in total. The van der Waals surface area contributed by atoms with Gasteiger partial charge in [-0.1, -0.05) is 35.5 Å². The zero-order chi connectivity index (χ0) is 28.9. The second-order valence-corrected chi connectivity index (χ2v) is 10.2.